The van der Waals surface area contributed by atoms with Gasteiger partial charge < -0.3 is 0 Å². The van der Waals surface area contributed by atoms with Crippen LogP contribution < -0.4 is 0 Å². The molecule has 0 atom stereocenters. The third kappa shape index (κ3) is 1.90. The fourth-order valence-electron chi connectivity index (χ4n) is 1.60. The summed E-state index contributed by atoms with van der Waals surface area (Å²) in [6.07, 6.45) is 2.73. The Balaban J connectivity index is 2.17. The summed E-state index contributed by atoms with van der Waals surface area (Å²) in [7, 11) is 0. The minimum absolute atomic E-state index is 0.0836. The molecule has 1 aliphatic rings. The second-order valence-electron chi connectivity index (χ2n) is 4.05. The molecule has 0 aliphatic heterocycles. The molecule has 1 aromatic carbocycles. The van der Waals surface area contributed by atoms with Gasteiger partial charge in [0.15, 0.2) is 0 Å². The van der Waals surface area contributed by atoms with Crippen molar-refractivity contribution < 1.29 is 8.78 Å². The van der Waals surface area contributed by atoms with E-state index >= 15 is 0 Å². The first kappa shape index (κ1) is 9.91. The fraction of sp³-hybridized carbons (Fsp3) is 0.455. The number of halogens is 3. The van der Waals surface area contributed by atoms with Crippen molar-refractivity contribution in [2.45, 2.75) is 19.3 Å². The van der Waals surface area contributed by atoms with Crippen molar-refractivity contribution in [1.29, 1.82) is 0 Å². The van der Waals surface area contributed by atoms with Gasteiger partial charge in [0.25, 0.3) is 0 Å². The number of hydrogen-bond acceptors (Lipinski definition) is 0. The van der Waals surface area contributed by atoms with Gasteiger partial charge in [0.1, 0.15) is 11.6 Å². The molecule has 0 amide bonds. The van der Waals surface area contributed by atoms with Gasteiger partial charge in [-0.3, -0.25) is 0 Å². The summed E-state index contributed by atoms with van der Waals surface area (Å²) in [5, 5.41) is 0. The van der Waals surface area contributed by atoms with Gasteiger partial charge in [-0.05, 0) is 36.3 Å². The highest BCUT2D eigenvalue weighted by atomic mass is 35.5. The predicted octanol–water partition coefficient (Wildman–Crippen LogP) is 3.53. The molecule has 0 aromatic heterocycles. The van der Waals surface area contributed by atoms with Crippen molar-refractivity contribution >= 4 is 11.6 Å². The summed E-state index contributed by atoms with van der Waals surface area (Å²) in [6, 6.07) is 3.74. The normalized spacial score (nSPS) is 18.2. The van der Waals surface area contributed by atoms with Crippen LogP contribution in [-0.2, 0) is 6.42 Å². The monoisotopic (exact) mass is 216 g/mol. The van der Waals surface area contributed by atoms with Crippen LogP contribution in [0.4, 0.5) is 8.78 Å². The summed E-state index contributed by atoms with van der Waals surface area (Å²) in [4.78, 5) is 0. The van der Waals surface area contributed by atoms with Crippen LogP contribution in [0.15, 0.2) is 18.2 Å². The molecular formula is C11H11ClF2. The Morgan fingerprint density at radius 2 is 2.00 bits per heavy atom. The van der Waals surface area contributed by atoms with E-state index in [4.69, 9.17) is 11.6 Å². The van der Waals surface area contributed by atoms with Gasteiger partial charge in [-0.15, -0.1) is 11.6 Å². The summed E-state index contributed by atoms with van der Waals surface area (Å²) in [5.41, 5.74) is 0.657. The van der Waals surface area contributed by atoms with Crippen LogP contribution in [-0.4, -0.2) is 5.88 Å². The average molecular weight is 217 g/mol. The minimum atomic E-state index is -0.526. The van der Waals surface area contributed by atoms with E-state index in [-0.39, 0.29) is 5.41 Å². The summed E-state index contributed by atoms with van der Waals surface area (Å²) >= 11 is 5.79. The van der Waals surface area contributed by atoms with E-state index in [0.717, 1.165) is 18.9 Å². The molecule has 1 fully saturated rings. The molecule has 0 bridgehead atoms. The maximum absolute atomic E-state index is 13.3. The summed E-state index contributed by atoms with van der Waals surface area (Å²) < 4.78 is 25.9. The number of benzene rings is 1. The van der Waals surface area contributed by atoms with Gasteiger partial charge in [0, 0.05) is 11.9 Å². The molecule has 3 heteroatoms. The average Bonchev–Trinajstić information content (AvgIpc) is 2.91. The topological polar surface area (TPSA) is 0 Å². The zero-order valence-corrected chi connectivity index (χ0v) is 8.45. The molecule has 0 unspecified atom stereocenters. The van der Waals surface area contributed by atoms with E-state index in [1.165, 1.54) is 12.1 Å². The Morgan fingerprint density at radius 3 is 2.50 bits per heavy atom. The molecule has 0 heterocycles. The van der Waals surface area contributed by atoms with Gasteiger partial charge in [0.05, 0.1) is 0 Å². The Bertz CT molecular complexity index is 345. The molecule has 0 N–H and O–H groups in total. The van der Waals surface area contributed by atoms with Crippen LogP contribution in [0.3, 0.4) is 0 Å². The maximum Gasteiger partial charge on any atom is 0.129 e. The highest BCUT2D eigenvalue weighted by molar-refractivity contribution is 6.18. The molecule has 0 radical (unpaired) electrons. The predicted molar refractivity (Wildman–Crippen MR) is 52.4 cm³/mol. The van der Waals surface area contributed by atoms with Crippen molar-refractivity contribution in [3.8, 4) is 0 Å². The molecule has 0 nitrogen and oxygen atoms in total. The Morgan fingerprint density at radius 1 is 1.29 bits per heavy atom. The lowest BCUT2D eigenvalue weighted by atomic mass is 9.98. The second-order valence-corrected chi connectivity index (χ2v) is 4.31. The molecular weight excluding hydrogens is 206 g/mol. The Labute approximate surface area is 86.9 Å². The van der Waals surface area contributed by atoms with E-state index in [9.17, 15) is 8.78 Å². The van der Waals surface area contributed by atoms with Crippen molar-refractivity contribution in [3.05, 3.63) is 35.4 Å². The highest BCUT2D eigenvalue weighted by Gasteiger charge is 2.42. The third-order valence-corrected chi connectivity index (χ3v) is 3.39. The molecule has 0 saturated heterocycles. The van der Waals surface area contributed by atoms with Crippen molar-refractivity contribution in [2.24, 2.45) is 5.41 Å². The molecule has 14 heavy (non-hydrogen) atoms. The van der Waals surface area contributed by atoms with Crippen LogP contribution in [0.5, 0.6) is 0 Å². The highest BCUT2D eigenvalue weighted by Crippen LogP contribution is 2.49. The van der Waals surface area contributed by atoms with E-state index in [2.05, 4.69) is 0 Å². The SMILES string of the molecule is Fc1ccc(CC2(CCl)CC2)c(F)c1. The van der Waals surface area contributed by atoms with Crippen LogP contribution in [0.1, 0.15) is 18.4 Å². The van der Waals surface area contributed by atoms with E-state index in [0.29, 0.717) is 17.9 Å². The van der Waals surface area contributed by atoms with Crippen LogP contribution in [0, 0.1) is 17.0 Å². The summed E-state index contributed by atoms with van der Waals surface area (Å²) in [5.74, 6) is -0.424. The fourth-order valence-corrected chi connectivity index (χ4v) is 1.97. The first-order valence-corrected chi connectivity index (χ1v) is 5.19. The number of alkyl halides is 1. The minimum Gasteiger partial charge on any atom is -0.207 e. The van der Waals surface area contributed by atoms with Gasteiger partial charge in [0.2, 0.25) is 0 Å². The lowest BCUT2D eigenvalue weighted by molar-refractivity contribution is 0.528. The van der Waals surface area contributed by atoms with Gasteiger partial charge in [-0.25, -0.2) is 8.78 Å². The van der Waals surface area contributed by atoms with E-state index in [1.54, 1.807) is 0 Å². The van der Waals surface area contributed by atoms with Crippen LogP contribution in [0.2, 0.25) is 0 Å². The Kier molecular flexibility index (Phi) is 2.48. The van der Waals surface area contributed by atoms with Crippen molar-refractivity contribution in [3.63, 3.8) is 0 Å². The zero-order valence-electron chi connectivity index (χ0n) is 7.69. The van der Waals surface area contributed by atoms with Crippen molar-refractivity contribution in [1.82, 2.24) is 0 Å². The third-order valence-electron chi connectivity index (χ3n) is 2.82. The van der Waals surface area contributed by atoms with Crippen molar-refractivity contribution in [2.75, 3.05) is 5.88 Å². The van der Waals surface area contributed by atoms with E-state index < -0.39 is 11.6 Å². The van der Waals surface area contributed by atoms with Crippen LogP contribution in [0.25, 0.3) is 0 Å². The van der Waals surface area contributed by atoms with Gasteiger partial charge in [-0.2, -0.15) is 0 Å². The van der Waals surface area contributed by atoms with Gasteiger partial charge >= 0.3 is 0 Å². The number of hydrogen-bond donors (Lipinski definition) is 0. The quantitative estimate of drug-likeness (QED) is 0.679. The largest absolute Gasteiger partial charge is 0.207 e. The first-order chi connectivity index (χ1) is 6.65. The smallest absolute Gasteiger partial charge is 0.129 e. The molecule has 1 saturated carbocycles. The summed E-state index contributed by atoms with van der Waals surface area (Å²) in [6.45, 7) is 0. The van der Waals surface area contributed by atoms with Gasteiger partial charge in [-0.1, -0.05) is 6.07 Å². The lowest BCUT2D eigenvalue weighted by Crippen LogP contribution is -2.08. The number of rotatable bonds is 3. The zero-order chi connectivity index (χ0) is 10.2. The second kappa shape index (κ2) is 3.50. The molecule has 76 valence electrons. The first-order valence-electron chi connectivity index (χ1n) is 4.65. The molecule has 0 spiro atoms. The van der Waals surface area contributed by atoms with E-state index in [1.807, 2.05) is 0 Å². The van der Waals surface area contributed by atoms with Crippen LogP contribution >= 0.6 is 11.6 Å². The molecule has 1 aromatic rings. The maximum atomic E-state index is 13.3. The molecule has 2 rings (SSSR count). The molecule has 1 aliphatic carbocycles. The standard InChI is InChI=1S/C11H11ClF2/c12-7-11(3-4-11)6-8-1-2-9(13)5-10(8)14/h1-2,5H,3-4,6-7H2. The Hall–Kier alpha value is -0.630. The lowest BCUT2D eigenvalue weighted by Gasteiger charge is -2.11.